The summed E-state index contributed by atoms with van der Waals surface area (Å²) in [4.78, 5) is 2.57. The number of nitrogens with zero attached hydrogens (tertiary/aromatic N) is 2. The molecule has 0 amide bonds. The minimum atomic E-state index is -0.137. The molecule has 16 heavy (non-hydrogen) atoms. The zero-order chi connectivity index (χ0) is 12.0. The first-order valence-electron chi connectivity index (χ1n) is 6.71. The Hall–Kier alpha value is -0.550. The molecule has 1 heterocycles. The predicted molar refractivity (Wildman–Crippen MR) is 68.1 cm³/mol. The second-order valence-electron chi connectivity index (χ2n) is 5.79. The summed E-state index contributed by atoms with van der Waals surface area (Å²) >= 11 is 0. The van der Waals surface area contributed by atoms with Gasteiger partial charge in [0.15, 0.2) is 0 Å². The molecule has 0 aromatic carbocycles. The normalized spacial score (nSPS) is 19.6. The Morgan fingerprint density at radius 1 is 1.31 bits per heavy atom. The highest BCUT2D eigenvalue weighted by Crippen LogP contribution is 2.23. The summed E-state index contributed by atoms with van der Waals surface area (Å²) in [5, 5.41) is 8.93. The summed E-state index contributed by atoms with van der Waals surface area (Å²) < 4.78 is 0. The average molecular weight is 222 g/mol. The SMILES string of the molecule is CCC1CCN(CCCC(C)(C)C#N)CC1. The molecule has 0 aliphatic carbocycles. The lowest BCUT2D eigenvalue weighted by molar-refractivity contribution is 0.175. The first-order valence-corrected chi connectivity index (χ1v) is 6.71. The van der Waals surface area contributed by atoms with Crippen molar-refractivity contribution in [3.63, 3.8) is 0 Å². The molecular formula is C14H26N2. The molecule has 0 unspecified atom stereocenters. The Morgan fingerprint density at radius 3 is 2.44 bits per heavy atom. The lowest BCUT2D eigenvalue weighted by Gasteiger charge is -2.31. The van der Waals surface area contributed by atoms with Crippen molar-refractivity contribution in [1.82, 2.24) is 4.90 Å². The third-order valence-corrected chi connectivity index (χ3v) is 3.86. The molecule has 1 saturated heterocycles. The molecule has 92 valence electrons. The smallest absolute Gasteiger partial charge is 0.0683 e. The van der Waals surface area contributed by atoms with Gasteiger partial charge in [-0.05, 0) is 65.1 Å². The van der Waals surface area contributed by atoms with Crippen LogP contribution in [0.2, 0.25) is 0 Å². The predicted octanol–water partition coefficient (Wildman–Crippen LogP) is 3.44. The largest absolute Gasteiger partial charge is 0.303 e. The van der Waals surface area contributed by atoms with E-state index in [1.165, 1.54) is 38.9 Å². The highest BCUT2D eigenvalue weighted by molar-refractivity contribution is 4.91. The van der Waals surface area contributed by atoms with Crippen LogP contribution in [0.1, 0.15) is 52.9 Å². The monoisotopic (exact) mass is 222 g/mol. The Morgan fingerprint density at radius 2 is 1.94 bits per heavy atom. The van der Waals surface area contributed by atoms with Crippen LogP contribution in [-0.4, -0.2) is 24.5 Å². The number of hydrogen-bond acceptors (Lipinski definition) is 2. The molecule has 1 rings (SSSR count). The molecule has 0 aromatic rings. The van der Waals surface area contributed by atoms with Crippen LogP contribution in [0.3, 0.4) is 0 Å². The van der Waals surface area contributed by atoms with E-state index in [9.17, 15) is 0 Å². The maximum Gasteiger partial charge on any atom is 0.0683 e. The van der Waals surface area contributed by atoms with Gasteiger partial charge in [-0.2, -0.15) is 5.26 Å². The van der Waals surface area contributed by atoms with Crippen LogP contribution >= 0.6 is 0 Å². The van der Waals surface area contributed by atoms with Crippen LogP contribution < -0.4 is 0 Å². The Labute approximate surface area is 101 Å². The van der Waals surface area contributed by atoms with E-state index in [0.29, 0.717) is 0 Å². The lowest BCUT2D eigenvalue weighted by Crippen LogP contribution is -2.34. The summed E-state index contributed by atoms with van der Waals surface area (Å²) in [6, 6.07) is 2.38. The number of piperidine rings is 1. The first kappa shape index (κ1) is 13.5. The van der Waals surface area contributed by atoms with Crippen LogP contribution in [0.4, 0.5) is 0 Å². The van der Waals surface area contributed by atoms with Crippen molar-refractivity contribution in [2.75, 3.05) is 19.6 Å². The van der Waals surface area contributed by atoms with Crippen molar-refractivity contribution in [2.45, 2.75) is 52.9 Å². The van der Waals surface area contributed by atoms with Gasteiger partial charge < -0.3 is 4.90 Å². The van der Waals surface area contributed by atoms with Crippen molar-refractivity contribution >= 4 is 0 Å². The second kappa shape index (κ2) is 6.25. The van der Waals surface area contributed by atoms with Crippen molar-refractivity contribution in [3.8, 4) is 6.07 Å². The van der Waals surface area contributed by atoms with E-state index < -0.39 is 0 Å². The van der Waals surface area contributed by atoms with Gasteiger partial charge in [-0.15, -0.1) is 0 Å². The average Bonchev–Trinajstić information content (AvgIpc) is 2.30. The summed E-state index contributed by atoms with van der Waals surface area (Å²) in [7, 11) is 0. The summed E-state index contributed by atoms with van der Waals surface area (Å²) in [5.41, 5.74) is -0.137. The number of hydrogen-bond donors (Lipinski definition) is 0. The number of likely N-dealkylation sites (tertiary alicyclic amines) is 1. The molecule has 0 aromatic heterocycles. The van der Waals surface area contributed by atoms with E-state index in [-0.39, 0.29) is 5.41 Å². The second-order valence-corrected chi connectivity index (χ2v) is 5.79. The molecule has 0 atom stereocenters. The Balaban J connectivity index is 2.14. The summed E-state index contributed by atoms with van der Waals surface area (Å²) in [5.74, 6) is 0.965. The van der Waals surface area contributed by atoms with Gasteiger partial charge in [0.05, 0.1) is 11.5 Å². The molecule has 1 aliphatic rings. The Bertz CT molecular complexity index is 232. The highest BCUT2D eigenvalue weighted by atomic mass is 15.1. The topological polar surface area (TPSA) is 27.0 Å². The molecule has 0 saturated carbocycles. The molecule has 1 fully saturated rings. The molecule has 0 bridgehead atoms. The fraction of sp³-hybridized carbons (Fsp3) is 0.929. The third-order valence-electron chi connectivity index (χ3n) is 3.86. The van der Waals surface area contributed by atoms with Crippen molar-refractivity contribution in [1.29, 1.82) is 5.26 Å². The van der Waals surface area contributed by atoms with Crippen LogP contribution in [0.15, 0.2) is 0 Å². The van der Waals surface area contributed by atoms with E-state index in [2.05, 4.69) is 17.9 Å². The van der Waals surface area contributed by atoms with Gasteiger partial charge in [0.2, 0.25) is 0 Å². The van der Waals surface area contributed by atoms with E-state index in [4.69, 9.17) is 5.26 Å². The van der Waals surface area contributed by atoms with Gasteiger partial charge in [0, 0.05) is 0 Å². The first-order chi connectivity index (χ1) is 7.57. The molecule has 2 heteroatoms. The van der Waals surface area contributed by atoms with Crippen molar-refractivity contribution in [2.24, 2.45) is 11.3 Å². The van der Waals surface area contributed by atoms with Gasteiger partial charge in [-0.25, -0.2) is 0 Å². The zero-order valence-electron chi connectivity index (χ0n) is 11.1. The Kier molecular flexibility index (Phi) is 5.28. The third kappa shape index (κ3) is 4.53. The lowest BCUT2D eigenvalue weighted by atomic mass is 9.89. The van der Waals surface area contributed by atoms with Gasteiger partial charge in [-0.3, -0.25) is 0 Å². The standard InChI is InChI=1S/C14H26N2/c1-4-13-6-10-16(11-7-13)9-5-8-14(2,3)12-15/h13H,4-11H2,1-3H3. The van der Waals surface area contributed by atoms with Crippen molar-refractivity contribution < 1.29 is 0 Å². The molecule has 0 spiro atoms. The summed E-state index contributed by atoms with van der Waals surface area (Å²) in [6.07, 6.45) is 6.28. The van der Waals surface area contributed by atoms with Crippen LogP contribution in [-0.2, 0) is 0 Å². The molecule has 2 nitrogen and oxygen atoms in total. The van der Waals surface area contributed by atoms with Crippen LogP contribution in [0, 0.1) is 22.7 Å². The fourth-order valence-corrected chi connectivity index (χ4v) is 2.42. The highest BCUT2D eigenvalue weighted by Gasteiger charge is 2.19. The van der Waals surface area contributed by atoms with Crippen LogP contribution in [0.5, 0.6) is 0 Å². The molecule has 0 N–H and O–H groups in total. The summed E-state index contributed by atoms with van der Waals surface area (Å²) in [6.45, 7) is 10.1. The maximum absolute atomic E-state index is 8.93. The molecule has 1 aliphatic heterocycles. The van der Waals surface area contributed by atoms with E-state index in [1.807, 2.05) is 13.8 Å². The fourth-order valence-electron chi connectivity index (χ4n) is 2.42. The molecular weight excluding hydrogens is 196 g/mol. The number of rotatable bonds is 5. The zero-order valence-corrected chi connectivity index (χ0v) is 11.1. The van der Waals surface area contributed by atoms with Crippen LogP contribution in [0.25, 0.3) is 0 Å². The van der Waals surface area contributed by atoms with Gasteiger partial charge in [0.1, 0.15) is 0 Å². The maximum atomic E-state index is 8.93. The van der Waals surface area contributed by atoms with Gasteiger partial charge >= 0.3 is 0 Å². The minimum Gasteiger partial charge on any atom is -0.303 e. The van der Waals surface area contributed by atoms with Gasteiger partial charge in [-0.1, -0.05) is 13.3 Å². The van der Waals surface area contributed by atoms with E-state index in [0.717, 1.165) is 18.8 Å². The van der Waals surface area contributed by atoms with Gasteiger partial charge in [0.25, 0.3) is 0 Å². The van der Waals surface area contributed by atoms with E-state index in [1.54, 1.807) is 0 Å². The molecule has 0 radical (unpaired) electrons. The van der Waals surface area contributed by atoms with Crippen molar-refractivity contribution in [3.05, 3.63) is 0 Å². The van der Waals surface area contributed by atoms with E-state index >= 15 is 0 Å². The quantitative estimate of drug-likeness (QED) is 0.712. The minimum absolute atomic E-state index is 0.137. The number of nitriles is 1.